The quantitative estimate of drug-likeness (QED) is 0.280. The van der Waals surface area contributed by atoms with Gasteiger partial charge in [0.1, 0.15) is 5.51 Å². The highest BCUT2D eigenvalue weighted by Crippen LogP contribution is 2.30. The van der Waals surface area contributed by atoms with Crippen LogP contribution < -0.4 is 11.1 Å². The van der Waals surface area contributed by atoms with E-state index < -0.39 is 6.04 Å². The third-order valence-corrected chi connectivity index (χ3v) is 9.59. The van der Waals surface area contributed by atoms with E-state index in [9.17, 15) is 9.59 Å². The van der Waals surface area contributed by atoms with E-state index in [2.05, 4.69) is 34.3 Å². The lowest BCUT2D eigenvalue weighted by molar-refractivity contribution is -0.149. The molecule has 0 bridgehead atoms. The van der Waals surface area contributed by atoms with E-state index in [-0.39, 0.29) is 23.9 Å². The smallest absolute Gasteiger partial charge is 0.240 e. The van der Waals surface area contributed by atoms with Gasteiger partial charge in [-0.15, -0.1) is 10.2 Å². The highest BCUT2D eigenvalue weighted by Gasteiger charge is 2.40. The Bertz CT molecular complexity index is 1130. The minimum absolute atomic E-state index is 0.0165. The van der Waals surface area contributed by atoms with Crippen LogP contribution in [-0.2, 0) is 16.0 Å². The van der Waals surface area contributed by atoms with Crippen LogP contribution in [-0.4, -0.2) is 69.6 Å². The van der Waals surface area contributed by atoms with Gasteiger partial charge in [-0.2, -0.15) is 0 Å². The number of carbonyl (C=O) groups is 2. The van der Waals surface area contributed by atoms with Gasteiger partial charge >= 0.3 is 0 Å². The minimum Gasteiger partial charge on any atom is -0.360 e. The summed E-state index contributed by atoms with van der Waals surface area (Å²) >= 11 is 13.9. The highest BCUT2D eigenvalue weighted by molar-refractivity contribution is 7.13. The summed E-state index contributed by atoms with van der Waals surface area (Å²) < 4.78 is 0. The summed E-state index contributed by atoms with van der Waals surface area (Å²) in [6, 6.07) is 4.42. The number of benzene rings is 1. The number of piperazine rings is 1. The van der Waals surface area contributed by atoms with Crippen LogP contribution in [0.25, 0.3) is 0 Å². The summed E-state index contributed by atoms with van der Waals surface area (Å²) in [6.07, 6.45) is 9.37. The van der Waals surface area contributed by atoms with Crippen molar-refractivity contribution >= 4 is 51.5 Å². The van der Waals surface area contributed by atoms with Gasteiger partial charge in [0, 0.05) is 48.2 Å². The Morgan fingerprint density at radius 1 is 1.12 bits per heavy atom. The number of nitrogens with zero attached hydrogens (tertiary/aromatic N) is 4. The number of rotatable bonds is 12. The molecule has 3 atom stereocenters. The van der Waals surface area contributed by atoms with Crippen LogP contribution in [0.15, 0.2) is 23.7 Å². The fourth-order valence-electron chi connectivity index (χ4n) is 6.28. The molecule has 0 unspecified atom stereocenters. The molecule has 2 aliphatic rings. The molecule has 11 heteroatoms. The van der Waals surface area contributed by atoms with Crippen LogP contribution >= 0.6 is 34.5 Å². The third-order valence-electron chi connectivity index (χ3n) is 8.35. The maximum atomic E-state index is 13.9. The lowest BCUT2D eigenvalue weighted by Crippen LogP contribution is -2.63. The van der Waals surface area contributed by atoms with Crippen LogP contribution in [0.1, 0.15) is 77.2 Å². The van der Waals surface area contributed by atoms with Crippen molar-refractivity contribution in [2.24, 2.45) is 17.6 Å². The summed E-state index contributed by atoms with van der Waals surface area (Å²) in [4.78, 5) is 31.7. The molecule has 8 nitrogen and oxygen atoms in total. The minimum atomic E-state index is -0.736. The molecule has 0 spiro atoms. The molecule has 2 aromatic rings. The standard InChI is InChI=1S/C30H44Cl2N6O2S/c1-20(2)13-25-18-38(29(40)27(33)15-22-10-11-23(31)16-26(22)32)24(9-6-12-34-30-36-35-19-41-30)17-37(25)28(39)14-21-7-4-3-5-8-21/h10-11,16,19-21,24-25,27H,3-9,12-15,17-18,33H2,1-2H3,(H,34,36)/t24-,25+,27+/m0/s1. The Balaban J connectivity index is 1.49. The van der Waals surface area contributed by atoms with Crippen LogP contribution in [0, 0.1) is 11.8 Å². The van der Waals surface area contributed by atoms with E-state index in [1.165, 1.54) is 30.6 Å². The van der Waals surface area contributed by atoms with Crippen LogP contribution in [0.5, 0.6) is 0 Å². The fraction of sp³-hybridized carbons (Fsp3) is 0.667. The number of aromatic nitrogens is 2. The second kappa shape index (κ2) is 15.5. The number of carbonyl (C=O) groups excluding carboxylic acids is 2. The lowest BCUT2D eigenvalue weighted by atomic mass is 9.86. The van der Waals surface area contributed by atoms with Crippen molar-refractivity contribution < 1.29 is 9.59 Å². The molecule has 1 aliphatic heterocycles. The summed E-state index contributed by atoms with van der Waals surface area (Å²) in [5, 5.41) is 13.1. The summed E-state index contributed by atoms with van der Waals surface area (Å²) in [5.74, 6) is 1.02. The van der Waals surface area contributed by atoms with Crippen molar-refractivity contribution in [1.29, 1.82) is 0 Å². The molecule has 0 radical (unpaired) electrons. The molecular weight excluding hydrogens is 579 g/mol. The first kappa shape index (κ1) is 32.0. The van der Waals surface area contributed by atoms with Gasteiger partial charge in [0.15, 0.2) is 0 Å². The molecule has 2 amide bonds. The Labute approximate surface area is 258 Å². The molecule has 2 heterocycles. The normalized spacial score (nSPS) is 20.8. The SMILES string of the molecule is CC(C)C[C@@H]1CN(C(=O)[C@H](N)Cc2ccc(Cl)cc2Cl)[C@@H](CCCNc2nncs2)CN1C(=O)CC1CCCCC1. The predicted molar refractivity (Wildman–Crippen MR) is 167 cm³/mol. The zero-order valence-electron chi connectivity index (χ0n) is 24.2. The second-order valence-corrected chi connectivity index (χ2v) is 13.7. The van der Waals surface area contributed by atoms with Crippen LogP contribution in [0.3, 0.4) is 0 Å². The van der Waals surface area contributed by atoms with E-state index in [0.29, 0.717) is 54.4 Å². The summed E-state index contributed by atoms with van der Waals surface area (Å²) in [6.45, 7) is 6.11. The maximum Gasteiger partial charge on any atom is 0.240 e. The molecule has 1 aromatic heterocycles. The van der Waals surface area contributed by atoms with E-state index in [0.717, 1.165) is 42.8 Å². The molecule has 1 aliphatic carbocycles. The number of nitrogens with one attached hydrogen (secondary N) is 1. The third kappa shape index (κ3) is 9.27. The molecular formula is C30H44Cl2N6O2S. The van der Waals surface area contributed by atoms with Crippen molar-refractivity contribution in [2.75, 3.05) is 25.0 Å². The average Bonchev–Trinajstić information content (AvgIpc) is 3.46. The van der Waals surface area contributed by atoms with Gasteiger partial charge in [-0.3, -0.25) is 9.59 Å². The monoisotopic (exact) mass is 622 g/mol. The number of nitrogens with two attached hydrogens (primary N) is 1. The fourth-order valence-corrected chi connectivity index (χ4v) is 7.24. The highest BCUT2D eigenvalue weighted by atomic mass is 35.5. The Hall–Kier alpha value is -1.94. The van der Waals surface area contributed by atoms with Crippen molar-refractivity contribution in [3.8, 4) is 0 Å². The summed E-state index contributed by atoms with van der Waals surface area (Å²) in [5.41, 5.74) is 9.04. The Kier molecular flexibility index (Phi) is 12.1. The molecule has 1 aromatic carbocycles. The van der Waals surface area contributed by atoms with Gasteiger partial charge in [0.25, 0.3) is 0 Å². The molecule has 1 saturated heterocycles. The number of anilines is 1. The molecule has 3 N–H and O–H groups in total. The largest absolute Gasteiger partial charge is 0.360 e. The first-order valence-electron chi connectivity index (χ1n) is 15.0. The Morgan fingerprint density at radius 3 is 2.56 bits per heavy atom. The summed E-state index contributed by atoms with van der Waals surface area (Å²) in [7, 11) is 0. The van der Waals surface area contributed by atoms with Gasteiger partial charge in [-0.25, -0.2) is 0 Å². The van der Waals surface area contributed by atoms with Crippen molar-refractivity contribution in [1.82, 2.24) is 20.0 Å². The topological polar surface area (TPSA) is 104 Å². The van der Waals surface area contributed by atoms with Gasteiger partial charge < -0.3 is 20.9 Å². The van der Waals surface area contributed by atoms with Gasteiger partial charge in [-0.1, -0.05) is 73.7 Å². The van der Waals surface area contributed by atoms with Gasteiger partial charge in [0.05, 0.1) is 6.04 Å². The van der Waals surface area contributed by atoms with Crippen molar-refractivity contribution in [3.05, 3.63) is 39.3 Å². The zero-order chi connectivity index (χ0) is 29.4. The van der Waals surface area contributed by atoms with Crippen molar-refractivity contribution in [3.63, 3.8) is 0 Å². The zero-order valence-corrected chi connectivity index (χ0v) is 26.6. The Morgan fingerprint density at radius 2 is 1.88 bits per heavy atom. The van der Waals surface area contributed by atoms with E-state index in [1.54, 1.807) is 17.6 Å². The second-order valence-electron chi connectivity index (χ2n) is 12.0. The molecule has 1 saturated carbocycles. The first-order valence-corrected chi connectivity index (χ1v) is 16.6. The predicted octanol–water partition coefficient (Wildman–Crippen LogP) is 6.03. The molecule has 41 heavy (non-hydrogen) atoms. The molecule has 226 valence electrons. The lowest BCUT2D eigenvalue weighted by Gasteiger charge is -2.48. The van der Waals surface area contributed by atoms with E-state index >= 15 is 0 Å². The number of hydrogen-bond acceptors (Lipinski definition) is 7. The molecule has 4 rings (SSSR count). The van der Waals surface area contributed by atoms with Gasteiger partial charge in [-0.05, 0) is 68.1 Å². The first-order chi connectivity index (χ1) is 19.7. The number of hydrogen-bond donors (Lipinski definition) is 2. The van der Waals surface area contributed by atoms with Crippen molar-refractivity contribution in [2.45, 2.75) is 96.2 Å². The van der Waals surface area contributed by atoms with Crippen LogP contribution in [0.2, 0.25) is 10.0 Å². The van der Waals surface area contributed by atoms with E-state index in [4.69, 9.17) is 28.9 Å². The van der Waals surface area contributed by atoms with E-state index in [1.807, 2.05) is 11.0 Å². The maximum absolute atomic E-state index is 13.9. The number of amides is 2. The van der Waals surface area contributed by atoms with Crippen LogP contribution in [0.4, 0.5) is 5.13 Å². The average molecular weight is 624 g/mol. The van der Waals surface area contributed by atoms with Gasteiger partial charge in [0.2, 0.25) is 16.9 Å². The number of halogens is 2. The molecule has 2 fully saturated rings.